The van der Waals surface area contributed by atoms with Gasteiger partial charge in [0.05, 0.1) is 0 Å². The van der Waals surface area contributed by atoms with E-state index in [-0.39, 0.29) is 5.88 Å². The maximum atomic E-state index is 14.4. The van der Waals surface area contributed by atoms with Gasteiger partial charge in [0.1, 0.15) is 5.75 Å². The third-order valence-corrected chi connectivity index (χ3v) is 3.34. The number of nitrogens with zero attached hydrogens (tertiary/aromatic N) is 1. The number of halogens is 2. The normalized spacial score (nSPS) is 10.7. The van der Waals surface area contributed by atoms with Crippen LogP contribution in [-0.4, -0.2) is 11.5 Å². The van der Waals surface area contributed by atoms with Crippen molar-refractivity contribution in [2.45, 2.75) is 27.3 Å². The van der Waals surface area contributed by atoms with Gasteiger partial charge in [-0.25, -0.2) is 9.37 Å². The van der Waals surface area contributed by atoms with Crippen LogP contribution >= 0.6 is 11.6 Å². The van der Waals surface area contributed by atoms with Gasteiger partial charge >= 0.3 is 0 Å². The molecule has 0 radical (unpaired) electrons. The zero-order chi connectivity index (χ0) is 15.4. The second-order valence-electron chi connectivity index (χ2n) is 4.84. The van der Waals surface area contributed by atoms with E-state index in [1.165, 1.54) is 0 Å². The lowest BCUT2D eigenvalue weighted by Crippen LogP contribution is -2.13. The van der Waals surface area contributed by atoms with Gasteiger partial charge in [-0.1, -0.05) is 18.5 Å². The van der Waals surface area contributed by atoms with Crippen LogP contribution < -0.4 is 10.1 Å². The molecule has 0 aliphatic heterocycles. The summed E-state index contributed by atoms with van der Waals surface area (Å²) in [6.07, 6.45) is 1.55. The monoisotopic (exact) mass is 308 g/mol. The lowest BCUT2D eigenvalue weighted by atomic mass is 10.1. The number of nitrogens with one attached hydrogen (secondary N) is 1. The predicted molar refractivity (Wildman–Crippen MR) is 82.6 cm³/mol. The van der Waals surface area contributed by atoms with Crippen LogP contribution in [0.3, 0.4) is 0 Å². The highest BCUT2D eigenvalue weighted by Gasteiger charge is 2.14. The van der Waals surface area contributed by atoms with Gasteiger partial charge in [0.15, 0.2) is 5.82 Å². The summed E-state index contributed by atoms with van der Waals surface area (Å²) in [4.78, 5) is 3.99. The van der Waals surface area contributed by atoms with Crippen molar-refractivity contribution in [3.63, 3.8) is 0 Å². The lowest BCUT2D eigenvalue weighted by molar-refractivity contribution is 0.413. The Hall–Kier alpha value is -1.65. The van der Waals surface area contributed by atoms with Crippen molar-refractivity contribution < 1.29 is 9.13 Å². The van der Waals surface area contributed by atoms with Gasteiger partial charge in [-0.3, -0.25) is 0 Å². The highest BCUT2D eigenvalue weighted by Crippen LogP contribution is 2.32. The van der Waals surface area contributed by atoms with E-state index in [0.29, 0.717) is 22.9 Å². The fourth-order valence-corrected chi connectivity index (χ4v) is 2.41. The summed E-state index contributed by atoms with van der Waals surface area (Å²) >= 11 is 5.99. The molecule has 0 unspecified atom stereocenters. The molecule has 0 saturated carbocycles. The second-order valence-corrected chi connectivity index (χ2v) is 5.28. The molecular weight excluding hydrogens is 291 g/mol. The molecule has 0 saturated heterocycles. The van der Waals surface area contributed by atoms with Gasteiger partial charge in [0.25, 0.3) is 5.88 Å². The molecule has 0 aliphatic rings. The molecule has 0 fully saturated rings. The second kappa shape index (κ2) is 6.87. The number of aromatic nitrogens is 1. The third kappa shape index (κ3) is 3.71. The number of pyridine rings is 1. The van der Waals surface area contributed by atoms with Gasteiger partial charge in [-0.2, -0.15) is 0 Å². The molecule has 1 N–H and O–H groups in total. The van der Waals surface area contributed by atoms with Crippen molar-refractivity contribution in [1.29, 1.82) is 0 Å². The first-order valence-electron chi connectivity index (χ1n) is 6.81. The van der Waals surface area contributed by atoms with Crippen molar-refractivity contribution in [2.24, 2.45) is 0 Å². The van der Waals surface area contributed by atoms with Gasteiger partial charge in [0.2, 0.25) is 0 Å². The standard InChI is InChI=1S/C16H18ClFN2O/c1-4-19-9-12-5-6-20-16(14(12)18)21-15-10(2)7-13(17)8-11(15)3/h5-8,19H,4,9H2,1-3H3. The van der Waals surface area contributed by atoms with Crippen LogP contribution in [-0.2, 0) is 6.54 Å². The van der Waals surface area contributed by atoms with Gasteiger partial charge in [0, 0.05) is 23.3 Å². The zero-order valence-electron chi connectivity index (χ0n) is 12.3. The molecule has 0 amide bonds. The topological polar surface area (TPSA) is 34.2 Å². The van der Waals surface area contributed by atoms with Crippen LogP contribution in [0, 0.1) is 19.7 Å². The Morgan fingerprint density at radius 3 is 2.57 bits per heavy atom. The maximum Gasteiger partial charge on any atom is 0.256 e. The van der Waals surface area contributed by atoms with E-state index < -0.39 is 5.82 Å². The van der Waals surface area contributed by atoms with Crippen molar-refractivity contribution >= 4 is 11.6 Å². The molecule has 112 valence electrons. The summed E-state index contributed by atoms with van der Waals surface area (Å²) in [5.41, 5.74) is 2.22. The molecule has 1 aromatic heterocycles. The summed E-state index contributed by atoms with van der Waals surface area (Å²) in [6, 6.07) is 5.21. The summed E-state index contributed by atoms with van der Waals surface area (Å²) in [5.74, 6) is 0.137. The van der Waals surface area contributed by atoms with Crippen molar-refractivity contribution in [3.8, 4) is 11.6 Å². The summed E-state index contributed by atoms with van der Waals surface area (Å²) < 4.78 is 20.0. The molecule has 5 heteroatoms. The van der Waals surface area contributed by atoms with Gasteiger partial charge < -0.3 is 10.1 Å². The molecule has 2 aromatic rings. The number of rotatable bonds is 5. The van der Waals surface area contributed by atoms with Gasteiger partial charge in [-0.15, -0.1) is 0 Å². The lowest BCUT2D eigenvalue weighted by Gasteiger charge is -2.13. The average Bonchev–Trinajstić information content (AvgIpc) is 2.43. The first-order valence-corrected chi connectivity index (χ1v) is 7.19. The number of hydrogen-bond donors (Lipinski definition) is 1. The highest BCUT2D eigenvalue weighted by molar-refractivity contribution is 6.30. The highest BCUT2D eigenvalue weighted by atomic mass is 35.5. The largest absolute Gasteiger partial charge is 0.436 e. The van der Waals surface area contributed by atoms with Crippen molar-refractivity contribution in [3.05, 3.63) is 51.9 Å². The molecule has 0 bridgehead atoms. The van der Waals surface area contributed by atoms with E-state index in [4.69, 9.17) is 16.3 Å². The molecule has 1 heterocycles. The van der Waals surface area contributed by atoms with Crippen molar-refractivity contribution in [2.75, 3.05) is 6.54 Å². The van der Waals surface area contributed by atoms with Crippen LogP contribution in [0.2, 0.25) is 5.02 Å². The first kappa shape index (κ1) is 15.7. The molecule has 0 atom stereocenters. The van der Waals surface area contributed by atoms with E-state index in [2.05, 4.69) is 10.3 Å². The quantitative estimate of drug-likeness (QED) is 0.889. The number of aryl methyl sites for hydroxylation is 2. The van der Waals surface area contributed by atoms with Crippen LogP contribution in [0.25, 0.3) is 0 Å². The number of ether oxygens (including phenoxy) is 1. The Labute approximate surface area is 129 Å². The minimum Gasteiger partial charge on any atom is -0.436 e. The SMILES string of the molecule is CCNCc1ccnc(Oc2c(C)cc(Cl)cc2C)c1F. The minimum absolute atomic E-state index is 0.0149. The summed E-state index contributed by atoms with van der Waals surface area (Å²) in [7, 11) is 0. The van der Waals surface area contributed by atoms with Gasteiger partial charge in [-0.05, 0) is 49.7 Å². The fourth-order valence-electron chi connectivity index (χ4n) is 2.08. The van der Waals surface area contributed by atoms with E-state index in [1.54, 1.807) is 24.4 Å². The molecule has 3 nitrogen and oxygen atoms in total. The Kier molecular flexibility index (Phi) is 5.15. The summed E-state index contributed by atoms with van der Waals surface area (Å²) in [6.45, 7) is 6.92. The minimum atomic E-state index is -0.438. The van der Waals surface area contributed by atoms with Crippen LogP contribution in [0.5, 0.6) is 11.6 Å². The number of hydrogen-bond acceptors (Lipinski definition) is 3. The Morgan fingerprint density at radius 2 is 1.95 bits per heavy atom. The maximum absolute atomic E-state index is 14.4. The molecule has 2 rings (SSSR count). The van der Waals surface area contributed by atoms with Crippen LogP contribution in [0.4, 0.5) is 4.39 Å². The third-order valence-electron chi connectivity index (χ3n) is 3.13. The molecular formula is C16H18ClFN2O. The van der Waals surface area contributed by atoms with E-state index in [1.807, 2.05) is 20.8 Å². The summed E-state index contributed by atoms with van der Waals surface area (Å²) in [5, 5.41) is 3.72. The molecule has 0 aliphatic carbocycles. The van der Waals surface area contributed by atoms with Crippen LogP contribution in [0.1, 0.15) is 23.6 Å². The molecule has 1 aromatic carbocycles. The van der Waals surface area contributed by atoms with E-state index in [0.717, 1.165) is 17.7 Å². The average molecular weight is 309 g/mol. The predicted octanol–water partition coefficient (Wildman–Crippen LogP) is 4.39. The van der Waals surface area contributed by atoms with E-state index >= 15 is 0 Å². The zero-order valence-corrected chi connectivity index (χ0v) is 13.1. The first-order chi connectivity index (χ1) is 10.0. The Bertz CT molecular complexity index is 623. The smallest absolute Gasteiger partial charge is 0.256 e. The Balaban J connectivity index is 2.32. The Morgan fingerprint density at radius 1 is 1.29 bits per heavy atom. The number of benzene rings is 1. The van der Waals surface area contributed by atoms with E-state index in [9.17, 15) is 4.39 Å². The molecule has 0 spiro atoms. The van der Waals surface area contributed by atoms with Crippen LogP contribution in [0.15, 0.2) is 24.4 Å². The van der Waals surface area contributed by atoms with Crippen molar-refractivity contribution in [1.82, 2.24) is 10.3 Å². The fraction of sp³-hybridized carbons (Fsp3) is 0.312. The molecule has 21 heavy (non-hydrogen) atoms.